The van der Waals surface area contributed by atoms with Crippen LogP contribution in [0.4, 0.5) is 0 Å². The van der Waals surface area contributed by atoms with Crippen LogP contribution < -0.4 is 5.46 Å². The lowest BCUT2D eigenvalue weighted by molar-refractivity contribution is 0.669. The summed E-state index contributed by atoms with van der Waals surface area (Å²) in [5.41, 5.74) is 4.96. The topological polar surface area (TPSA) is 13.1 Å². The molecule has 4 rings (SSSR count). The summed E-state index contributed by atoms with van der Waals surface area (Å²) >= 11 is 0. The first kappa shape index (κ1) is 11.4. The first-order valence-corrected chi connectivity index (χ1v) is 6.58. The van der Waals surface area contributed by atoms with Gasteiger partial charge in [0.15, 0.2) is 0 Å². The van der Waals surface area contributed by atoms with Crippen LogP contribution in [0, 0.1) is 0 Å². The minimum atomic E-state index is 0.781. The number of para-hydroxylation sites is 1. The van der Waals surface area contributed by atoms with Crippen LogP contribution in [0.3, 0.4) is 0 Å². The lowest BCUT2D eigenvalue weighted by atomic mass is 9.93. The third-order valence-electron chi connectivity index (χ3n) is 3.62. The van der Waals surface area contributed by atoms with Crippen molar-refractivity contribution in [3.05, 3.63) is 66.7 Å². The van der Waals surface area contributed by atoms with E-state index in [-0.39, 0.29) is 0 Å². The first-order valence-electron chi connectivity index (χ1n) is 6.58. The minimum absolute atomic E-state index is 0.781. The molecule has 2 radical (unpaired) electrons. The third kappa shape index (κ3) is 1.73. The van der Waals surface area contributed by atoms with Gasteiger partial charge in [0, 0.05) is 10.8 Å². The summed E-state index contributed by atoms with van der Waals surface area (Å²) in [6.07, 6.45) is 0. The van der Waals surface area contributed by atoms with Crippen molar-refractivity contribution in [3.8, 4) is 11.1 Å². The van der Waals surface area contributed by atoms with Gasteiger partial charge in [0.05, 0.1) is 0 Å². The van der Waals surface area contributed by atoms with E-state index in [1.807, 2.05) is 48.5 Å². The Labute approximate surface area is 118 Å². The highest BCUT2D eigenvalue weighted by atomic mass is 16.3. The summed E-state index contributed by atoms with van der Waals surface area (Å²) in [4.78, 5) is 0. The molecule has 1 aromatic heterocycles. The number of rotatable bonds is 1. The molecule has 0 saturated heterocycles. The molecular formula is C18H11BO. The van der Waals surface area contributed by atoms with Crippen molar-refractivity contribution in [3.63, 3.8) is 0 Å². The van der Waals surface area contributed by atoms with E-state index < -0.39 is 0 Å². The summed E-state index contributed by atoms with van der Waals surface area (Å²) in [7, 11) is 5.74. The van der Waals surface area contributed by atoms with Gasteiger partial charge in [-0.3, -0.25) is 0 Å². The van der Waals surface area contributed by atoms with Crippen molar-refractivity contribution in [2.45, 2.75) is 0 Å². The number of hydrogen-bond acceptors (Lipinski definition) is 1. The SMILES string of the molecule is [B]c1ccc(-c2ccc3oc4ccccc4c3c2)cc1. The van der Waals surface area contributed by atoms with Crippen LogP contribution in [0.25, 0.3) is 33.1 Å². The van der Waals surface area contributed by atoms with Crippen molar-refractivity contribution >= 4 is 35.2 Å². The Balaban J connectivity index is 1.97. The number of hydrogen-bond donors (Lipinski definition) is 0. The van der Waals surface area contributed by atoms with E-state index in [1.54, 1.807) is 0 Å². The summed E-state index contributed by atoms with van der Waals surface area (Å²) in [5, 5.41) is 2.30. The molecule has 4 aromatic rings. The quantitative estimate of drug-likeness (QED) is 0.467. The molecule has 0 unspecified atom stereocenters. The number of benzene rings is 3. The number of furan rings is 1. The van der Waals surface area contributed by atoms with E-state index in [1.165, 1.54) is 5.56 Å². The normalized spacial score (nSPS) is 11.2. The zero-order chi connectivity index (χ0) is 13.5. The van der Waals surface area contributed by atoms with Crippen LogP contribution in [0.5, 0.6) is 0 Å². The molecule has 0 amide bonds. The summed E-state index contributed by atoms with van der Waals surface area (Å²) in [6, 6.07) is 22.3. The Morgan fingerprint density at radius 3 is 2.20 bits per heavy atom. The van der Waals surface area contributed by atoms with E-state index in [4.69, 9.17) is 12.3 Å². The minimum Gasteiger partial charge on any atom is -0.456 e. The van der Waals surface area contributed by atoms with Crippen molar-refractivity contribution in [1.82, 2.24) is 0 Å². The fraction of sp³-hybridized carbons (Fsp3) is 0. The van der Waals surface area contributed by atoms with Crippen molar-refractivity contribution in [1.29, 1.82) is 0 Å². The highest BCUT2D eigenvalue weighted by Crippen LogP contribution is 2.31. The van der Waals surface area contributed by atoms with Crippen molar-refractivity contribution in [2.75, 3.05) is 0 Å². The fourth-order valence-electron chi connectivity index (χ4n) is 2.58. The van der Waals surface area contributed by atoms with Crippen LogP contribution in [0.2, 0.25) is 0 Å². The fourth-order valence-corrected chi connectivity index (χ4v) is 2.58. The van der Waals surface area contributed by atoms with Gasteiger partial charge in [-0.2, -0.15) is 0 Å². The average Bonchev–Trinajstić information content (AvgIpc) is 2.86. The van der Waals surface area contributed by atoms with E-state index in [0.29, 0.717) is 0 Å². The van der Waals surface area contributed by atoms with Crippen LogP contribution in [0.1, 0.15) is 0 Å². The zero-order valence-electron chi connectivity index (χ0n) is 10.8. The lowest BCUT2D eigenvalue weighted by Crippen LogP contribution is -1.98. The molecule has 0 aliphatic rings. The van der Waals surface area contributed by atoms with E-state index in [2.05, 4.69) is 18.2 Å². The maximum absolute atomic E-state index is 5.84. The van der Waals surface area contributed by atoms with Crippen molar-refractivity contribution < 1.29 is 4.42 Å². The molecule has 0 aliphatic heterocycles. The molecule has 0 bridgehead atoms. The van der Waals surface area contributed by atoms with Gasteiger partial charge in [-0.15, -0.1) is 0 Å². The Kier molecular flexibility index (Phi) is 2.43. The maximum Gasteiger partial charge on any atom is 0.135 e. The standard InChI is InChI=1S/C18H11BO/c19-14-8-5-12(6-9-14)13-7-10-18-16(11-13)15-3-1-2-4-17(15)20-18/h1-11H. The molecule has 20 heavy (non-hydrogen) atoms. The smallest absolute Gasteiger partial charge is 0.135 e. The Morgan fingerprint density at radius 2 is 1.35 bits per heavy atom. The molecule has 0 saturated carbocycles. The molecule has 2 heteroatoms. The molecule has 0 aliphatic carbocycles. The zero-order valence-corrected chi connectivity index (χ0v) is 10.8. The largest absolute Gasteiger partial charge is 0.456 e. The highest BCUT2D eigenvalue weighted by Gasteiger charge is 2.07. The summed E-state index contributed by atoms with van der Waals surface area (Å²) in [6.45, 7) is 0. The van der Waals surface area contributed by atoms with Gasteiger partial charge in [-0.25, -0.2) is 0 Å². The molecule has 1 heterocycles. The van der Waals surface area contributed by atoms with E-state index in [0.717, 1.165) is 33.0 Å². The van der Waals surface area contributed by atoms with Gasteiger partial charge < -0.3 is 4.42 Å². The van der Waals surface area contributed by atoms with Gasteiger partial charge in [0.2, 0.25) is 0 Å². The van der Waals surface area contributed by atoms with Crippen LogP contribution in [-0.4, -0.2) is 7.85 Å². The molecule has 92 valence electrons. The lowest BCUT2D eigenvalue weighted by Gasteiger charge is -2.02. The van der Waals surface area contributed by atoms with Gasteiger partial charge in [-0.05, 0) is 29.3 Å². The highest BCUT2D eigenvalue weighted by molar-refractivity contribution is 6.32. The molecule has 0 N–H and O–H groups in total. The van der Waals surface area contributed by atoms with Crippen molar-refractivity contribution in [2.24, 2.45) is 0 Å². The summed E-state index contributed by atoms with van der Waals surface area (Å²) in [5.74, 6) is 0. The molecule has 0 spiro atoms. The summed E-state index contributed by atoms with van der Waals surface area (Å²) < 4.78 is 5.84. The van der Waals surface area contributed by atoms with E-state index in [9.17, 15) is 0 Å². The van der Waals surface area contributed by atoms with Gasteiger partial charge in [0.1, 0.15) is 19.0 Å². The van der Waals surface area contributed by atoms with Crippen LogP contribution >= 0.6 is 0 Å². The van der Waals surface area contributed by atoms with Gasteiger partial charge in [0.25, 0.3) is 0 Å². The van der Waals surface area contributed by atoms with Gasteiger partial charge in [-0.1, -0.05) is 54.0 Å². The predicted molar refractivity (Wildman–Crippen MR) is 84.5 cm³/mol. The molecule has 3 aromatic carbocycles. The molecule has 0 fully saturated rings. The van der Waals surface area contributed by atoms with E-state index >= 15 is 0 Å². The Bertz CT molecular complexity index is 904. The third-order valence-corrected chi connectivity index (χ3v) is 3.62. The maximum atomic E-state index is 5.84. The molecule has 0 atom stereocenters. The second-order valence-electron chi connectivity index (χ2n) is 4.93. The second kappa shape index (κ2) is 4.27. The average molecular weight is 254 g/mol. The van der Waals surface area contributed by atoms with Crippen LogP contribution in [0.15, 0.2) is 71.1 Å². The molecular weight excluding hydrogens is 243 g/mol. The van der Waals surface area contributed by atoms with Crippen LogP contribution in [-0.2, 0) is 0 Å². The predicted octanol–water partition coefficient (Wildman–Crippen LogP) is 4.05. The second-order valence-corrected chi connectivity index (χ2v) is 4.93. The number of fused-ring (bicyclic) bond motifs is 3. The Morgan fingerprint density at radius 1 is 0.650 bits per heavy atom. The monoisotopic (exact) mass is 254 g/mol. The first-order chi connectivity index (χ1) is 9.81. The Hall–Kier alpha value is -2.48. The van der Waals surface area contributed by atoms with Gasteiger partial charge >= 0.3 is 0 Å². The molecule has 1 nitrogen and oxygen atoms in total.